The topological polar surface area (TPSA) is 47.1 Å². The highest BCUT2D eigenvalue weighted by molar-refractivity contribution is 6.11. The second-order valence-electron chi connectivity index (χ2n) is 17.4. The molecule has 10 aromatic carbocycles. The number of anilines is 3. The van der Waals surface area contributed by atoms with Gasteiger partial charge in [-0.05, 0) is 99.3 Å². The number of fused-ring (bicyclic) bond motifs is 10. The Hall–Kier alpha value is -9.06. The smallest absolute Gasteiger partial charge is 0.235 e. The van der Waals surface area contributed by atoms with Gasteiger partial charge in [-0.3, -0.25) is 4.90 Å². The van der Waals surface area contributed by atoms with Crippen molar-refractivity contribution >= 4 is 94.9 Å². The second-order valence-corrected chi connectivity index (χ2v) is 17.4. The first-order chi connectivity index (χ1) is 33.2. The van der Waals surface area contributed by atoms with Crippen molar-refractivity contribution in [1.82, 2.24) is 14.5 Å². The third-order valence-corrected chi connectivity index (χ3v) is 13.5. The van der Waals surface area contributed by atoms with E-state index in [2.05, 4.69) is 228 Å². The van der Waals surface area contributed by atoms with Crippen LogP contribution >= 0.6 is 0 Å². The molecule has 0 spiro atoms. The largest absolute Gasteiger partial charge is 0.456 e. The van der Waals surface area contributed by atoms with E-state index in [1.165, 1.54) is 38.1 Å². The molecule has 0 bridgehead atoms. The quantitative estimate of drug-likeness (QED) is 0.173. The van der Waals surface area contributed by atoms with Gasteiger partial charge in [-0.25, -0.2) is 9.97 Å². The first kappa shape index (κ1) is 37.3. The van der Waals surface area contributed by atoms with Gasteiger partial charge >= 0.3 is 0 Å². The molecule has 0 radical (unpaired) electrons. The van der Waals surface area contributed by atoms with Crippen molar-refractivity contribution in [3.05, 3.63) is 230 Å². The Morgan fingerprint density at radius 3 is 1.91 bits per heavy atom. The molecule has 14 rings (SSSR count). The molecule has 0 saturated heterocycles. The highest BCUT2D eigenvalue weighted by Gasteiger charge is 2.26. The summed E-state index contributed by atoms with van der Waals surface area (Å²) in [6.07, 6.45) is 4.43. The zero-order valence-electron chi connectivity index (χ0n) is 36.1. The van der Waals surface area contributed by atoms with Crippen LogP contribution in [0.25, 0.3) is 117 Å². The summed E-state index contributed by atoms with van der Waals surface area (Å²) in [5, 5.41) is 8.03. The number of furan rings is 1. The summed E-state index contributed by atoms with van der Waals surface area (Å²) in [6.45, 7) is 0. The van der Waals surface area contributed by atoms with Gasteiger partial charge in [0.05, 0.1) is 33.6 Å². The molecule has 13 aromatic rings. The molecule has 0 unspecified atom stereocenters. The minimum absolute atomic E-state index is 0.590. The lowest BCUT2D eigenvalue weighted by molar-refractivity contribution is 0.669. The van der Waals surface area contributed by atoms with Crippen LogP contribution in [0, 0.1) is 0 Å². The molecule has 0 aliphatic carbocycles. The fourth-order valence-electron chi connectivity index (χ4n) is 10.4. The lowest BCUT2D eigenvalue weighted by atomic mass is 9.96. The van der Waals surface area contributed by atoms with Crippen LogP contribution in [0.1, 0.15) is 11.1 Å². The molecule has 5 nitrogen and oxygen atoms in total. The van der Waals surface area contributed by atoms with Gasteiger partial charge < -0.3 is 8.98 Å². The van der Waals surface area contributed by atoms with Gasteiger partial charge in [0.2, 0.25) is 5.95 Å². The monoisotopic (exact) mass is 854 g/mol. The second kappa shape index (κ2) is 14.7. The Morgan fingerprint density at radius 1 is 0.373 bits per heavy atom. The van der Waals surface area contributed by atoms with Crippen LogP contribution in [-0.2, 0) is 0 Å². The lowest BCUT2D eigenvalue weighted by Gasteiger charge is -2.26. The van der Waals surface area contributed by atoms with E-state index in [0.29, 0.717) is 5.95 Å². The zero-order chi connectivity index (χ0) is 44.0. The van der Waals surface area contributed by atoms with E-state index in [1.807, 2.05) is 12.1 Å². The first-order valence-corrected chi connectivity index (χ1v) is 22.7. The van der Waals surface area contributed by atoms with Crippen molar-refractivity contribution in [3.8, 4) is 39.2 Å². The fraction of sp³-hybridized carbons (Fsp3) is 0. The molecule has 4 heterocycles. The molecule has 1 aliphatic heterocycles. The Balaban J connectivity index is 0.955. The Kier molecular flexibility index (Phi) is 8.21. The number of rotatable bonds is 5. The van der Waals surface area contributed by atoms with Gasteiger partial charge in [0.1, 0.15) is 11.2 Å². The summed E-state index contributed by atoms with van der Waals surface area (Å²) in [5.41, 5.74) is 16.6. The average Bonchev–Trinajstić information content (AvgIpc) is 3.87. The predicted octanol–water partition coefficient (Wildman–Crippen LogP) is 16.7. The number of nitrogens with zero attached hydrogens (tertiary/aromatic N) is 4. The van der Waals surface area contributed by atoms with Gasteiger partial charge in [0.25, 0.3) is 0 Å². The van der Waals surface area contributed by atoms with E-state index in [1.54, 1.807) is 0 Å². The highest BCUT2D eigenvalue weighted by atomic mass is 16.3. The van der Waals surface area contributed by atoms with E-state index in [-0.39, 0.29) is 0 Å². The molecule has 5 heteroatoms. The van der Waals surface area contributed by atoms with E-state index in [4.69, 9.17) is 14.4 Å². The maximum Gasteiger partial charge on any atom is 0.235 e. The average molecular weight is 855 g/mol. The predicted molar refractivity (Wildman–Crippen MR) is 279 cm³/mol. The maximum absolute atomic E-state index is 6.47. The third kappa shape index (κ3) is 5.95. The number of para-hydroxylation sites is 4. The van der Waals surface area contributed by atoms with Crippen molar-refractivity contribution < 1.29 is 4.42 Å². The van der Waals surface area contributed by atoms with Gasteiger partial charge in [0, 0.05) is 43.7 Å². The molecule has 0 amide bonds. The molecule has 0 atom stereocenters. The molecule has 1 aliphatic rings. The fourth-order valence-corrected chi connectivity index (χ4v) is 10.4. The van der Waals surface area contributed by atoms with Crippen LogP contribution in [0.4, 0.5) is 17.3 Å². The molecular weight excluding hydrogens is 817 g/mol. The van der Waals surface area contributed by atoms with Crippen molar-refractivity contribution in [3.63, 3.8) is 0 Å². The van der Waals surface area contributed by atoms with Crippen LogP contribution in [0.5, 0.6) is 0 Å². The maximum atomic E-state index is 6.47. The molecule has 3 aromatic heterocycles. The SMILES string of the molecule is C1=Cc2cc3oc4ccccc4c3cc2N(c2nc(-c3ccc(-c4cccc5ccccc45)cc3)c3ccccc3n2)c2ccc(-c3ccc4c5ccccc5n(-c5ccccc5)c4c3)cc21. The van der Waals surface area contributed by atoms with Gasteiger partial charge in [-0.1, -0.05) is 170 Å². The third-order valence-electron chi connectivity index (χ3n) is 13.5. The van der Waals surface area contributed by atoms with E-state index in [0.717, 1.165) is 89.0 Å². The van der Waals surface area contributed by atoms with E-state index < -0.39 is 0 Å². The van der Waals surface area contributed by atoms with Gasteiger partial charge in [0.15, 0.2) is 0 Å². The number of benzene rings is 10. The van der Waals surface area contributed by atoms with Crippen molar-refractivity contribution in [2.24, 2.45) is 0 Å². The molecule has 67 heavy (non-hydrogen) atoms. The Labute approximate surface area is 385 Å². The van der Waals surface area contributed by atoms with Crippen molar-refractivity contribution in [2.75, 3.05) is 4.90 Å². The van der Waals surface area contributed by atoms with Crippen LogP contribution in [0.15, 0.2) is 223 Å². The Morgan fingerprint density at radius 2 is 1.03 bits per heavy atom. The van der Waals surface area contributed by atoms with Crippen LogP contribution < -0.4 is 4.90 Å². The van der Waals surface area contributed by atoms with Crippen LogP contribution in [0.2, 0.25) is 0 Å². The summed E-state index contributed by atoms with van der Waals surface area (Å²) < 4.78 is 8.84. The highest BCUT2D eigenvalue weighted by Crippen LogP contribution is 2.46. The van der Waals surface area contributed by atoms with E-state index in [9.17, 15) is 0 Å². The summed E-state index contributed by atoms with van der Waals surface area (Å²) in [6, 6.07) is 77.8. The zero-order valence-corrected chi connectivity index (χ0v) is 36.1. The van der Waals surface area contributed by atoms with Crippen molar-refractivity contribution in [1.29, 1.82) is 0 Å². The molecule has 0 N–H and O–H groups in total. The van der Waals surface area contributed by atoms with Gasteiger partial charge in [-0.15, -0.1) is 0 Å². The van der Waals surface area contributed by atoms with Crippen LogP contribution in [0.3, 0.4) is 0 Å². The van der Waals surface area contributed by atoms with E-state index >= 15 is 0 Å². The number of hydrogen-bond acceptors (Lipinski definition) is 4. The Bertz CT molecular complexity index is 4160. The summed E-state index contributed by atoms with van der Waals surface area (Å²) in [5.74, 6) is 0.590. The molecule has 312 valence electrons. The molecule has 0 fully saturated rings. The normalized spacial score (nSPS) is 12.4. The van der Waals surface area contributed by atoms with Gasteiger partial charge in [-0.2, -0.15) is 0 Å². The molecular formula is C62H38N4O. The molecule has 0 saturated carbocycles. The summed E-state index contributed by atoms with van der Waals surface area (Å²) in [7, 11) is 0. The van der Waals surface area contributed by atoms with Crippen molar-refractivity contribution in [2.45, 2.75) is 0 Å². The number of hydrogen-bond donors (Lipinski definition) is 0. The summed E-state index contributed by atoms with van der Waals surface area (Å²) in [4.78, 5) is 13.2. The minimum Gasteiger partial charge on any atom is -0.456 e. The lowest BCUT2D eigenvalue weighted by Crippen LogP contribution is -2.15. The number of aromatic nitrogens is 3. The van der Waals surface area contributed by atoms with Crippen LogP contribution in [-0.4, -0.2) is 14.5 Å². The minimum atomic E-state index is 0.590. The standard InChI is InChI=1S/C62H38N4O/c1-2-15-46(16-3-1)65-56-23-10-7-18-49(56)50-33-31-43(36-58(50)65)42-32-34-55-44(35-42)29-30-45-37-60-53(51-19-8-11-24-59(51)67-60)38-57(45)66(55)62-63-54-22-9-6-20-52(54)61(64-62)41-27-25-40(26-28-41)48-21-12-14-39-13-4-5-17-47(39)48/h1-38H. The first-order valence-electron chi connectivity index (χ1n) is 22.7. The summed E-state index contributed by atoms with van der Waals surface area (Å²) >= 11 is 0.